The zero-order valence-corrected chi connectivity index (χ0v) is 15.3. The molecular weight excluding hydrogens is 363 g/mol. The first-order chi connectivity index (χ1) is 12.3. The Balaban J connectivity index is 1.82. The number of nitrogens with zero attached hydrogens (tertiary/aromatic N) is 2. The Morgan fingerprint density at radius 3 is 2.58 bits per heavy atom. The number of nitrogens with one attached hydrogen (secondary N) is 2. The van der Waals surface area contributed by atoms with Gasteiger partial charge in [-0.1, -0.05) is 11.8 Å². The summed E-state index contributed by atoms with van der Waals surface area (Å²) in [6, 6.07) is 4.92. The van der Waals surface area contributed by atoms with Gasteiger partial charge < -0.3 is 14.5 Å². The standard InChI is InChI=1S/C16H19FN4O4S/c1-9(2)18-15(23)19-13(22)8-26-16-21-20-14(25-16)10(3)24-12-6-4-11(17)5-7-12/h4-7,9-10H,8H2,1-3H3,(H2,18,19,22,23)/t10-/m1/s1. The van der Waals surface area contributed by atoms with Gasteiger partial charge in [-0.2, -0.15) is 0 Å². The number of aromatic nitrogens is 2. The van der Waals surface area contributed by atoms with Crippen LogP contribution in [0.5, 0.6) is 5.75 Å². The molecule has 0 saturated heterocycles. The van der Waals surface area contributed by atoms with Crippen LogP contribution in [0.2, 0.25) is 0 Å². The van der Waals surface area contributed by atoms with Crippen LogP contribution in [-0.4, -0.2) is 33.9 Å². The molecule has 3 amide bonds. The number of carbonyl (C=O) groups excluding carboxylic acids is 2. The number of rotatable bonds is 7. The Morgan fingerprint density at radius 2 is 1.92 bits per heavy atom. The minimum atomic E-state index is -0.557. The third kappa shape index (κ3) is 6.36. The number of imide groups is 1. The molecule has 2 rings (SSSR count). The second-order valence-electron chi connectivity index (χ2n) is 5.59. The van der Waals surface area contributed by atoms with Crippen LogP contribution in [-0.2, 0) is 4.79 Å². The molecule has 0 saturated carbocycles. The van der Waals surface area contributed by atoms with Crippen LogP contribution in [0.4, 0.5) is 9.18 Å². The maximum Gasteiger partial charge on any atom is 0.321 e. The van der Waals surface area contributed by atoms with Crippen molar-refractivity contribution in [2.24, 2.45) is 0 Å². The third-order valence-electron chi connectivity index (χ3n) is 2.90. The van der Waals surface area contributed by atoms with E-state index in [2.05, 4.69) is 20.8 Å². The molecule has 1 atom stereocenters. The fourth-order valence-corrected chi connectivity index (χ4v) is 2.37. The molecule has 0 unspecified atom stereocenters. The van der Waals surface area contributed by atoms with Crippen molar-refractivity contribution >= 4 is 23.7 Å². The molecule has 0 aliphatic rings. The molecule has 0 aliphatic carbocycles. The quantitative estimate of drug-likeness (QED) is 0.709. The van der Waals surface area contributed by atoms with Crippen LogP contribution in [0.15, 0.2) is 33.9 Å². The summed E-state index contributed by atoms with van der Waals surface area (Å²) in [5, 5.41) is 12.6. The monoisotopic (exact) mass is 382 g/mol. The molecule has 1 heterocycles. The summed E-state index contributed by atoms with van der Waals surface area (Å²) in [5.74, 6) is -0.220. The number of ether oxygens (including phenoxy) is 1. The lowest BCUT2D eigenvalue weighted by atomic mass is 10.3. The van der Waals surface area contributed by atoms with Gasteiger partial charge >= 0.3 is 6.03 Å². The molecule has 26 heavy (non-hydrogen) atoms. The van der Waals surface area contributed by atoms with Crippen LogP contribution in [0.25, 0.3) is 0 Å². The summed E-state index contributed by atoms with van der Waals surface area (Å²) in [6.45, 7) is 5.27. The average Bonchev–Trinajstić information content (AvgIpc) is 3.03. The average molecular weight is 382 g/mol. The summed E-state index contributed by atoms with van der Waals surface area (Å²) in [5.41, 5.74) is 0. The van der Waals surface area contributed by atoms with E-state index in [4.69, 9.17) is 9.15 Å². The Labute approximate surface area is 153 Å². The van der Waals surface area contributed by atoms with Crippen LogP contribution < -0.4 is 15.4 Å². The normalized spacial score (nSPS) is 11.9. The van der Waals surface area contributed by atoms with Gasteiger partial charge in [-0.25, -0.2) is 9.18 Å². The van der Waals surface area contributed by atoms with Crippen molar-refractivity contribution in [3.05, 3.63) is 36.0 Å². The summed E-state index contributed by atoms with van der Waals surface area (Å²) in [4.78, 5) is 23.1. The third-order valence-corrected chi connectivity index (χ3v) is 3.71. The van der Waals surface area contributed by atoms with Crippen LogP contribution in [0.1, 0.15) is 32.8 Å². The van der Waals surface area contributed by atoms with E-state index in [1.807, 2.05) is 0 Å². The topological polar surface area (TPSA) is 106 Å². The number of carbonyl (C=O) groups is 2. The Kier molecular flexibility index (Phi) is 6.96. The minimum Gasteiger partial charge on any atom is -0.481 e. The van der Waals surface area contributed by atoms with Crippen molar-refractivity contribution in [1.82, 2.24) is 20.8 Å². The van der Waals surface area contributed by atoms with Crippen LogP contribution in [0.3, 0.4) is 0 Å². The molecule has 140 valence electrons. The predicted octanol–water partition coefficient (Wildman–Crippen LogP) is 2.68. The number of benzene rings is 1. The molecule has 1 aromatic carbocycles. The lowest BCUT2D eigenvalue weighted by molar-refractivity contribution is -0.117. The molecule has 0 bridgehead atoms. The van der Waals surface area contributed by atoms with Crippen molar-refractivity contribution in [2.45, 2.75) is 38.1 Å². The van der Waals surface area contributed by atoms with Gasteiger partial charge in [-0.15, -0.1) is 10.2 Å². The van der Waals surface area contributed by atoms with Crippen molar-refractivity contribution < 1.29 is 23.1 Å². The fourth-order valence-electron chi connectivity index (χ4n) is 1.80. The van der Waals surface area contributed by atoms with Gasteiger partial charge in [0.25, 0.3) is 11.1 Å². The molecule has 1 aromatic heterocycles. The Morgan fingerprint density at radius 1 is 1.23 bits per heavy atom. The molecule has 0 aliphatic heterocycles. The largest absolute Gasteiger partial charge is 0.481 e. The summed E-state index contributed by atoms with van der Waals surface area (Å²) >= 11 is 0.998. The highest BCUT2D eigenvalue weighted by Crippen LogP contribution is 2.23. The SMILES string of the molecule is CC(C)NC(=O)NC(=O)CSc1nnc([C@@H](C)Oc2ccc(F)cc2)o1. The highest BCUT2D eigenvalue weighted by atomic mass is 32.2. The Hall–Kier alpha value is -2.62. The number of urea groups is 1. The van der Waals surface area contributed by atoms with Crippen molar-refractivity contribution in [3.8, 4) is 5.75 Å². The maximum atomic E-state index is 12.9. The zero-order chi connectivity index (χ0) is 19.1. The van der Waals surface area contributed by atoms with E-state index in [1.165, 1.54) is 24.3 Å². The van der Waals surface area contributed by atoms with E-state index in [0.29, 0.717) is 5.75 Å². The van der Waals surface area contributed by atoms with Gasteiger partial charge in [-0.3, -0.25) is 10.1 Å². The highest BCUT2D eigenvalue weighted by molar-refractivity contribution is 7.99. The Bertz CT molecular complexity index is 751. The molecule has 8 nitrogen and oxygen atoms in total. The van der Waals surface area contributed by atoms with Gasteiger partial charge in [0.05, 0.1) is 5.75 Å². The fraction of sp³-hybridized carbons (Fsp3) is 0.375. The maximum absolute atomic E-state index is 12.9. The van der Waals surface area contributed by atoms with E-state index in [1.54, 1.807) is 20.8 Å². The lowest BCUT2D eigenvalue weighted by Crippen LogP contribution is -2.43. The molecule has 2 aromatic rings. The number of halogens is 1. The smallest absolute Gasteiger partial charge is 0.321 e. The molecule has 0 spiro atoms. The van der Waals surface area contributed by atoms with Crippen molar-refractivity contribution in [3.63, 3.8) is 0 Å². The van der Waals surface area contributed by atoms with Gasteiger partial charge in [-0.05, 0) is 45.0 Å². The molecule has 10 heteroatoms. The van der Waals surface area contributed by atoms with Crippen molar-refractivity contribution in [2.75, 3.05) is 5.75 Å². The first-order valence-corrected chi connectivity index (χ1v) is 8.81. The predicted molar refractivity (Wildman–Crippen MR) is 92.3 cm³/mol. The minimum absolute atomic E-state index is 0.0552. The summed E-state index contributed by atoms with van der Waals surface area (Å²) in [7, 11) is 0. The van der Waals surface area contributed by atoms with Gasteiger partial charge in [0.1, 0.15) is 11.6 Å². The molecular formula is C16H19FN4O4S. The first kappa shape index (κ1) is 19.7. The van der Waals surface area contributed by atoms with E-state index in [-0.39, 0.29) is 28.7 Å². The van der Waals surface area contributed by atoms with Crippen molar-refractivity contribution in [1.29, 1.82) is 0 Å². The first-order valence-electron chi connectivity index (χ1n) is 7.82. The summed E-state index contributed by atoms with van der Waals surface area (Å²) in [6.07, 6.45) is -0.548. The van der Waals surface area contributed by atoms with E-state index < -0.39 is 18.0 Å². The van der Waals surface area contributed by atoms with Gasteiger partial charge in [0, 0.05) is 6.04 Å². The van der Waals surface area contributed by atoms with E-state index >= 15 is 0 Å². The lowest BCUT2D eigenvalue weighted by Gasteiger charge is -2.10. The molecule has 0 radical (unpaired) electrons. The number of hydrogen-bond acceptors (Lipinski definition) is 7. The molecule has 0 fully saturated rings. The van der Waals surface area contributed by atoms with Gasteiger partial charge in [0.2, 0.25) is 5.91 Å². The van der Waals surface area contributed by atoms with Crippen LogP contribution >= 0.6 is 11.8 Å². The number of hydrogen-bond donors (Lipinski definition) is 2. The number of amides is 3. The zero-order valence-electron chi connectivity index (χ0n) is 14.5. The van der Waals surface area contributed by atoms with E-state index in [9.17, 15) is 14.0 Å². The van der Waals surface area contributed by atoms with Gasteiger partial charge in [0.15, 0.2) is 6.10 Å². The van der Waals surface area contributed by atoms with Crippen LogP contribution in [0, 0.1) is 5.82 Å². The summed E-state index contributed by atoms with van der Waals surface area (Å²) < 4.78 is 23.9. The molecule has 2 N–H and O–H groups in total. The van der Waals surface area contributed by atoms with E-state index in [0.717, 1.165) is 11.8 Å². The second-order valence-corrected chi connectivity index (χ2v) is 6.51. The number of thioether (sulfide) groups is 1. The highest BCUT2D eigenvalue weighted by Gasteiger charge is 2.17. The second kappa shape index (κ2) is 9.18.